The summed E-state index contributed by atoms with van der Waals surface area (Å²) in [5, 5.41) is 17.2. The number of carbonyl (C=O) groups is 3. The molecule has 0 aromatic rings. The zero-order valence-electron chi connectivity index (χ0n) is 7.61. The third kappa shape index (κ3) is 12.6. The number of carboxylic acids is 1. The van der Waals surface area contributed by atoms with Crippen molar-refractivity contribution in [2.75, 3.05) is 0 Å². The molecule has 0 aromatic carbocycles. The van der Waals surface area contributed by atoms with Crippen LogP contribution >= 0.6 is 0 Å². The molecule has 0 spiro atoms. The van der Waals surface area contributed by atoms with Crippen molar-refractivity contribution in [3.63, 3.8) is 0 Å². The summed E-state index contributed by atoms with van der Waals surface area (Å²) in [4.78, 5) is 29.4. The van der Waals surface area contributed by atoms with Gasteiger partial charge in [0.2, 0.25) is 0 Å². The van der Waals surface area contributed by atoms with E-state index in [4.69, 9.17) is 10.2 Å². The van der Waals surface area contributed by atoms with Gasteiger partial charge in [0.1, 0.15) is 0 Å². The number of rotatable bonds is 2. The van der Waals surface area contributed by atoms with E-state index in [-0.39, 0.29) is 5.57 Å². The van der Waals surface area contributed by atoms with E-state index < -0.39 is 18.0 Å². The van der Waals surface area contributed by atoms with Crippen molar-refractivity contribution in [3.8, 4) is 0 Å². The topological polar surface area (TPSA) is 104 Å². The quantitative estimate of drug-likeness (QED) is 0.568. The first kappa shape index (κ1) is 14.4. The summed E-state index contributed by atoms with van der Waals surface area (Å²) in [6.07, 6.45) is -0.525. The lowest BCUT2D eigenvalue weighted by Crippen LogP contribution is -2.28. The Morgan fingerprint density at radius 2 is 1.64 bits per heavy atom. The summed E-state index contributed by atoms with van der Waals surface area (Å²) in [5.74, 6) is -1.65. The van der Waals surface area contributed by atoms with Crippen LogP contribution in [0, 0.1) is 0 Å². The van der Waals surface area contributed by atoms with Crippen LogP contribution in [0.5, 0.6) is 0 Å². The van der Waals surface area contributed by atoms with E-state index in [0.29, 0.717) is 0 Å². The third-order valence-corrected chi connectivity index (χ3v) is 0.783. The zero-order chi connectivity index (χ0) is 11.7. The number of imide groups is 1. The van der Waals surface area contributed by atoms with Crippen LogP contribution in [0.15, 0.2) is 24.8 Å². The van der Waals surface area contributed by atoms with Crippen LogP contribution in [0.25, 0.3) is 0 Å². The maximum absolute atomic E-state index is 10.4. The first-order valence-corrected chi connectivity index (χ1v) is 3.36. The monoisotopic (exact) mass is 201 g/mol. The van der Waals surface area contributed by atoms with Crippen molar-refractivity contribution < 1.29 is 24.6 Å². The van der Waals surface area contributed by atoms with Crippen molar-refractivity contribution in [2.45, 2.75) is 6.92 Å². The van der Waals surface area contributed by atoms with Gasteiger partial charge in [-0.3, -0.25) is 10.1 Å². The Morgan fingerprint density at radius 3 is 1.71 bits per heavy atom. The van der Waals surface area contributed by atoms with Gasteiger partial charge in [0.15, 0.2) is 0 Å². The first-order valence-electron chi connectivity index (χ1n) is 3.36. The molecule has 0 rings (SSSR count). The van der Waals surface area contributed by atoms with Gasteiger partial charge in [0.05, 0.1) is 0 Å². The average molecular weight is 201 g/mol. The highest BCUT2D eigenvalue weighted by molar-refractivity contribution is 6.00. The molecule has 0 aliphatic heterocycles. The lowest BCUT2D eigenvalue weighted by Gasteiger charge is -1.94. The van der Waals surface area contributed by atoms with Crippen LogP contribution in [-0.4, -0.2) is 28.2 Å². The molecule has 2 amide bonds. The summed E-state index contributed by atoms with van der Waals surface area (Å²) in [5.41, 5.74) is 0.178. The van der Waals surface area contributed by atoms with Gasteiger partial charge in [-0.15, -0.1) is 0 Å². The summed E-state index contributed by atoms with van der Waals surface area (Å²) in [6.45, 7) is 7.62. The highest BCUT2D eigenvalue weighted by Crippen LogP contribution is 1.83. The Morgan fingerprint density at radius 1 is 1.29 bits per heavy atom. The van der Waals surface area contributed by atoms with Crippen molar-refractivity contribution in [1.82, 2.24) is 5.32 Å². The first-order chi connectivity index (χ1) is 6.31. The van der Waals surface area contributed by atoms with Gasteiger partial charge in [-0.2, -0.15) is 0 Å². The van der Waals surface area contributed by atoms with Gasteiger partial charge in [-0.05, 0) is 6.92 Å². The molecular formula is C8H11NO5. The van der Waals surface area contributed by atoms with Crippen molar-refractivity contribution in [2.24, 2.45) is 0 Å². The Kier molecular flexibility index (Phi) is 7.76. The Balaban J connectivity index is 0. The van der Waals surface area contributed by atoms with E-state index in [9.17, 15) is 14.4 Å². The fourth-order valence-corrected chi connectivity index (χ4v) is 0.204. The molecule has 0 unspecified atom stereocenters. The molecule has 0 saturated carbocycles. The second-order valence-electron chi connectivity index (χ2n) is 2.08. The minimum Gasteiger partial charge on any atom is -0.478 e. The Labute approximate surface area is 80.5 Å². The van der Waals surface area contributed by atoms with E-state index in [1.54, 1.807) is 5.32 Å². The number of aliphatic carboxylic acids is 1. The van der Waals surface area contributed by atoms with Gasteiger partial charge >= 0.3 is 12.1 Å². The minimum atomic E-state index is -1.36. The second-order valence-corrected chi connectivity index (χ2v) is 2.08. The molecule has 0 aromatic heterocycles. The third-order valence-electron chi connectivity index (χ3n) is 0.783. The van der Waals surface area contributed by atoms with Crippen LogP contribution in [0.3, 0.4) is 0 Å². The molecule has 3 N–H and O–H groups in total. The number of hydrogen-bond acceptors (Lipinski definition) is 3. The fourth-order valence-electron chi connectivity index (χ4n) is 0.204. The van der Waals surface area contributed by atoms with Gasteiger partial charge in [0.25, 0.3) is 5.91 Å². The summed E-state index contributed by atoms with van der Waals surface area (Å²) in [7, 11) is 0. The lowest BCUT2D eigenvalue weighted by atomic mass is 10.3. The summed E-state index contributed by atoms with van der Waals surface area (Å²) >= 11 is 0. The van der Waals surface area contributed by atoms with E-state index in [0.717, 1.165) is 6.08 Å². The van der Waals surface area contributed by atoms with E-state index in [1.165, 1.54) is 6.92 Å². The predicted octanol–water partition coefficient (Wildman–Crippen LogP) is 0.614. The fraction of sp³-hybridized carbons (Fsp3) is 0.125. The van der Waals surface area contributed by atoms with Crippen LogP contribution in [-0.2, 0) is 9.59 Å². The summed E-state index contributed by atoms with van der Waals surface area (Å²) < 4.78 is 0. The van der Waals surface area contributed by atoms with E-state index in [1.807, 2.05) is 0 Å². The summed E-state index contributed by atoms with van der Waals surface area (Å²) in [6, 6.07) is 0. The normalized spacial score (nSPS) is 7.50. The maximum Gasteiger partial charge on any atom is 0.411 e. The molecule has 6 nitrogen and oxygen atoms in total. The van der Waals surface area contributed by atoms with Gasteiger partial charge in [0, 0.05) is 11.6 Å². The number of hydrogen-bond donors (Lipinski definition) is 3. The number of carboxylic acid groups (broad SMARTS) is 2. The van der Waals surface area contributed by atoms with Crippen LogP contribution in [0.4, 0.5) is 4.79 Å². The maximum atomic E-state index is 10.4. The highest BCUT2D eigenvalue weighted by Gasteiger charge is 2.03. The minimum absolute atomic E-state index is 0.178. The van der Waals surface area contributed by atoms with Crippen LogP contribution in [0.2, 0.25) is 0 Å². The van der Waals surface area contributed by atoms with Crippen LogP contribution < -0.4 is 5.32 Å². The van der Waals surface area contributed by atoms with Gasteiger partial charge in [-0.25, -0.2) is 9.59 Å². The molecule has 0 saturated heterocycles. The molecule has 0 atom stereocenters. The molecule has 0 aliphatic carbocycles. The molecular weight excluding hydrogens is 190 g/mol. The zero-order valence-corrected chi connectivity index (χ0v) is 7.61. The van der Waals surface area contributed by atoms with Crippen molar-refractivity contribution in [3.05, 3.63) is 24.8 Å². The molecule has 0 fully saturated rings. The van der Waals surface area contributed by atoms with Crippen molar-refractivity contribution >= 4 is 18.0 Å². The number of nitrogens with one attached hydrogen (secondary N) is 1. The molecule has 0 bridgehead atoms. The number of amides is 2. The Bertz CT molecular complexity index is 269. The molecule has 14 heavy (non-hydrogen) atoms. The van der Waals surface area contributed by atoms with Gasteiger partial charge < -0.3 is 10.2 Å². The number of carbonyl (C=O) groups excluding carboxylic acids is 1. The smallest absolute Gasteiger partial charge is 0.411 e. The molecule has 6 heteroatoms. The van der Waals surface area contributed by atoms with E-state index in [2.05, 4.69) is 13.2 Å². The molecule has 78 valence electrons. The van der Waals surface area contributed by atoms with Crippen LogP contribution in [0.1, 0.15) is 6.92 Å². The Hall–Kier alpha value is -2.11. The second kappa shape index (κ2) is 7.53. The SMILES string of the molecule is C=C(C)C(=O)NC(=O)O.C=CC(=O)O. The van der Waals surface area contributed by atoms with Gasteiger partial charge in [-0.1, -0.05) is 13.2 Å². The predicted molar refractivity (Wildman–Crippen MR) is 48.8 cm³/mol. The largest absolute Gasteiger partial charge is 0.478 e. The lowest BCUT2D eigenvalue weighted by molar-refractivity contribution is -0.131. The van der Waals surface area contributed by atoms with Crippen molar-refractivity contribution in [1.29, 1.82) is 0 Å². The standard InChI is InChI=1S/C5H7NO3.C3H4O2/c1-3(2)4(7)6-5(8)9;1-2-3(4)5/h1H2,2H3,(H,6,7)(H,8,9);2H,1H2,(H,4,5). The molecule has 0 heterocycles. The average Bonchev–Trinajstić information content (AvgIpc) is 2.04. The molecule has 0 aliphatic rings. The molecule has 0 radical (unpaired) electrons. The highest BCUT2D eigenvalue weighted by atomic mass is 16.4. The van der Waals surface area contributed by atoms with E-state index >= 15 is 0 Å².